The maximum absolute atomic E-state index is 4.32. The van der Waals surface area contributed by atoms with Crippen LogP contribution in [0, 0.1) is 6.07 Å². The number of nitrogens with one attached hydrogen (secondary N) is 1. The number of hydrogen-bond acceptors (Lipinski definition) is 1. The molecule has 1 radical (unpaired) electrons. The van der Waals surface area contributed by atoms with Gasteiger partial charge >= 0.3 is 0 Å². The van der Waals surface area contributed by atoms with Gasteiger partial charge in [-0.2, -0.15) is 0 Å². The molecule has 4 aromatic rings. The van der Waals surface area contributed by atoms with E-state index in [-0.39, 0.29) is 0 Å². The highest BCUT2D eigenvalue weighted by atomic mass is 15.0. The molecule has 0 aliphatic heterocycles. The van der Waals surface area contributed by atoms with Gasteiger partial charge in [-0.15, -0.1) is 0 Å². The van der Waals surface area contributed by atoms with Crippen molar-refractivity contribution < 1.29 is 0 Å². The maximum atomic E-state index is 4.32. The zero-order chi connectivity index (χ0) is 11.9. The third-order valence-electron chi connectivity index (χ3n) is 3.23. The van der Waals surface area contributed by atoms with Gasteiger partial charge in [0, 0.05) is 29.4 Å². The van der Waals surface area contributed by atoms with Gasteiger partial charge in [0.1, 0.15) is 5.65 Å². The number of aromatic amines is 1. The average molecular weight is 232 g/mol. The van der Waals surface area contributed by atoms with Crippen LogP contribution >= 0.6 is 0 Å². The summed E-state index contributed by atoms with van der Waals surface area (Å²) in [6, 6.07) is 15.3. The number of fused-ring (bicyclic) bond motifs is 2. The van der Waals surface area contributed by atoms with Crippen LogP contribution in [0.5, 0.6) is 0 Å². The SMILES string of the molecule is [c]1ccc2c(c1)ccn2-c1ccnc2[nH]ccc12. The van der Waals surface area contributed by atoms with Gasteiger partial charge < -0.3 is 9.55 Å². The van der Waals surface area contributed by atoms with Crippen molar-refractivity contribution in [3.8, 4) is 5.69 Å². The van der Waals surface area contributed by atoms with Crippen LogP contribution in [-0.2, 0) is 0 Å². The quantitative estimate of drug-likeness (QED) is 0.536. The van der Waals surface area contributed by atoms with Crippen LogP contribution < -0.4 is 0 Å². The second kappa shape index (κ2) is 3.47. The molecule has 0 bridgehead atoms. The van der Waals surface area contributed by atoms with E-state index in [0.29, 0.717) is 0 Å². The molecule has 85 valence electrons. The van der Waals surface area contributed by atoms with E-state index in [1.165, 1.54) is 10.9 Å². The zero-order valence-electron chi connectivity index (χ0n) is 9.59. The van der Waals surface area contributed by atoms with E-state index in [0.717, 1.165) is 16.7 Å². The summed E-state index contributed by atoms with van der Waals surface area (Å²) in [5, 5.41) is 2.32. The fourth-order valence-corrected chi connectivity index (χ4v) is 2.39. The van der Waals surface area contributed by atoms with Crippen molar-refractivity contribution in [2.45, 2.75) is 0 Å². The van der Waals surface area contributed by atoms with Crippen LogP contribution in [0.25, 0.3) is 27.6 Å². The Morgan fingerprint density at radius 1 is 1.17 bits per heavy atom. The minimum absolute atomic E-state index is 0.914. The van der Waals surface area contributed by atoms with Crippen molar-refractivity contribution in [3.05, 3.63) is 61.1 Å². The van der Waals surface area contributed by atoms with Crippen LogP contribution in [0.3, 0.4) is 0 Å². The highest BCUT2D eigenvalue weighted by Gasteiger charge is 2.07. The lowest BCUT2D eigenvalue weighted by molar-refractivity contribution is 1.13. The van der Waals surface area contributed by atoms with E-state index in [9.17, 15) is 0 Å². The highest BCUT2D eigenvalue weighted by Crippen LogP contribution is 2.24. The van der Waals surface area contributed by atoms with Crippen molar-refractivity contribution >= 4 is 21.9 Å². The summed E-state index contributed by atoms with van der Waals surface area (Å²) in [6.07, 6.45) is 5.83. The Balaban J connectivity index is 2.10. The molecule has 3 aromatic heterocycles. The lowest BCUT2D eigenvalue weighted by atomic mass is 10.2. The molecule has 3 nitrogen and oxygen atoms in total. The van der Waals surface area contributed by atoms with Crippen molar-refractivity contribution in [2.24, 2.45) is 0 Å². The van der Waals surface area contributed by atoms with Crippen molar-refractivity contribution in [1.82, 2.24) is 14.5 Å². The van der Waals surface area contributed by atoms with Crippen LogP contribution in [0.2, 0.25) is 0 Å². The predicted octanol–water partition coefficient (Wildman–Crippen LogP) is 3.31. The number of benzene rings is 1. The number of rotatable bonds is 1. The summed E-state index contributed by atoms with van der Waals surface area (Å²) in [7, 11) is 0. The summed E-state index contributed by atoms with van der Waals surface area (Å²) < 4.78 is 2.18. The second-order valence-electron chi connectivity index (χ2n) is 4.24. The molecule has 4 rings (SSSR count). The minimum Gasteiger partial charge on any atom is -0.346 e. The van der Waals surface area contributed by atoms with Gasteiger partial charge in [-0.1, -0.05) is 6.07 Å². The summed E-state index contributed by atoms with van der Waals surface area (Å²) >= 11 is 0. The average Bonchev–Trinajstić information content (AvgIpc) is 3.05. The molecule has 0 unspecified atom stereocenters. The molecule has 1 aromatic carbocycles. The lowest BCUT2D eigenvalue weighted by Gasteiger charge is -2.06. The van der Waals surface area contributed by atoms with E-state index >= 15 is 0 Å². The molecule has 0 amide bonds. The number of hydrogen-bond donors (Lipinski definition) is 1. The third-order valence-corrected chi connectivity index (χ3v) is 3.23. The monoisotopic (exact) mass is 232 g/mol. The van der Waals surface area contributed by atoms with E-state index < -0.39 is 0 Å². The van der Waals surface area contributed by atoms with Gasteiger partial charge in [0.05, 0.1) is 11.2 Å². The first-order valence-corrected chi connectivity index (χ1v) is 5.83. The summed E-state index contributed by atoms with van der Waals surface area (Å²) in [5.41, 5.74) is 3.24. The fourth-order valence-electron chi connectivity index (χ4n) is 2.39. The zero-order valence-corrected chi connectivity index (χ0v) is 9.59. The Morgan fingerprint density at radius 3 is 3.17 bits per heavy atom. The largest absolute Gasteiger partial charge is 0.346 e. The topological polar surface area (TPSA) is 33.6 Å². The van der Waals surface area contributed by atoms with Gasteiger partial charge in [0.2, 0.25) is 0 Å². The lowest BCUT2D eigenvalue weighted by Crippen LogP contribution is -1.93. The summed E-state index contributed by atoms with van der Waals surface area (Å²) in [4.78, 5) is 7.46. The summed E-state index contributed by atoms with van der Waals surface area (Å²) in [5.74, 6) is 0. The molecule has 0 saturated carbocycles. The van der Waals surface area contributed by atoms with Crippen molar-refractivity contribution in [1.29, 1.82) is 0 Å². The number of nitrogens with zero attached hydrogens (tertiary/aromatic N) is 2. The Hall–Kier alpha value is -2.55. The van der Waals surface area contributed by atoms with E-state index in [2.05, 4.69) is 45.0 Å². The van der Waals surface area contributed by atoms with Crippen LogP contribution in [-0.4, -0.2) is 14.5 Å². The molecule has 3 heteroatoms. The second-order valence-corrected chi connectivity index (χ2v) is 4.24. The van der Waals surface area contributed by atoms with Crippen LogP contribution in [0.4, 0.5) is 0 Å². The Bertz CT molecular complexity index is 839. The Morgan fingerprint density at radius 2 is 2.17 bits per heavy atom. The molecule has 0 aliphatic rings. The molecule has 0 aliphatic carbocycles. The van der Waals surface area contributed by atoms with Gasteiger partial charge in [0.15, 0.2) is 0 Å². The fraction of sp³-hybridized carbons (Fsp3) is 0. The number of pyridine rings is 1. The molecule has 1 N–H and O–H groups in total. The first-order valence-electron chi connectivity index (χ1n) is 5.83. The van der Waals surface area contributed by atoms with E-state index in [1.54, 1.807) is 0 Å². The standard InChI is InChI=1S/C15H10N3/c1-2-4-13-11(3-1)7-10-18(13)14-6-9-17-15-12(14)5-8-16-15/h2-10H,(H,16,17). The van der Waals surface area contributed by atoms with Crippen LogP contribution in [0.15, 0.2) is 55.0 Å². The van der Waals surface area contributed by atoms with Gasteiger partial charge in [-0.05, 0) is 36.4 Å². The number of H-pyrrole nitrogens is 1. The van der Waals surface area contributed by atoms with Gasteiger partial charge in [0.25, 0.3) is 0 Å². The van der Waals surface area contributed by atoms with Gasteiger partial charge in [-0.25, -0.2) is 4.98 Å². The Kier molecular flexibility index (Phi) is 1.83. The molecule has 0 atom stereocenters. The predicted molar refractivity (Wildman–Crippen MR) is 71.8 cm³/mol. The normalized spacial score (nSPS) is 11.3. The molecule has 0 spiro atoms. The first-order chi connectivity index (χ1) is 8.93. The molecule has 3 heterocycles. The van der Waals surface area contributed by atoms with Crippen molar-refractivity contribution in [2.75, 3.05) is 0 Å². The molecule has 0 saturated heterocycles. The molecule has 0 fully saturated rings. The molecular formula is C15H10N3. The third kappa shape index (κ3) is 1.21. The van der Waals surface area contributed by atoms with Crippen molar-refractivity contribution in [3.63, 3.8) is 0 Å². The van der Waals surface area contributed by atoms with Crippen LogP contribution in [0.1, 0.15) is 0 Å². The minimum atomic E-state index is 0.914. The molecule has 18 heavy (non-hydrogen) atoms. The highest BCUT2D eigenvalue weighted by molar-refractivity contribution is 5.89. The van der Waals surface area contributed by atoms with E-state index in [4.69, 9.17) is 0 Å². The van der Waals surface area contributed by atoms with E-state index in [1.807, 2.05) is 30.6 Å². The van der Waals surface area contributed by atoms with Gasteiger partial charge in [-0.3, -0.25) is 0 Å². The smallest absolute Gasteiger partial charge is 0.139 e. The molecular weight excluding hydrogens is 222 g/mol. The summed E-state index contributed by atoms with van der Waals surface area (Å²) in [6.45, 7) is 0. The maximum Gasteiger partial charge on any atom is 0.139 e. The first kappa shape index (κ1) is 9.48. The Labute approximate surface area is 104 Å². The number of aromatic nitrogens is 3.